The van der Waals surface area contributed by atoms with Gasteiger partial charge in [-0.25, -0.2) is 0 Å². The number of nitriles is 1. The fraction of sp³-hybridized carbons (Fsp3) is 0.385. The van der Waals surface area contributed by atoms with Crippen LogP contribution in [0.4, 0.5) is 5.69 Å². The van der Waals surface area contributed by atoms with E-state index < -0.39 is 0 Å². The summed E-state index contributed by atoms with van der Waals surface area (Å²) in [7, 11) is 0. The van der Waals surface area contributed by atoms with Crippen LogP contribution < -0.4 is 10.6 Å². The molecule has 0 saturated carbocycles. The maximum absolute atomic E-state index is 11.9. The van der Waals surface area contributed by atoms with Gasteiger partial charge in [-0.2, -0.15) is 5.26 Å². The highest BCUT2D eigenvalue weighted by Crippen LogP contribution is 2.13. The molecule has 1 heterocycles. The number of carbonyl (C=O) groups excluding carboxylic acids is 1. The van der Waals surface area contributed by atoms with E-state index in [0.29, 0.717) is 23.8 Å². The summed E-state index contributed by atoms with van der Waals surface area (Å²) in [5, 5.41) is 15.6. The summed E-state index contributed by atoms with van der Waals surface area (Å²) in [5.74, 6) is -0.121. The lowest BCUT2D eigenvalue weighted by Gasteiger charge is -2.31. The van der Waals surface area contributed by atoms with Crippen LogP contribution in [0.3, 0.4) is 0 Å². The van der Waals surface area contributed by atoms with Crippen molar-refractivity contribution in [3.8, 4) is 6.07 Å². The fourth-order valence-corrected chi connectivity index (χ4v) is 2.11. The van der Waals surface area contributed by atoms with Gasteiger partial charge in [0.15, 0.2) is 0 Å². The molecule has 0 bridgehead atoms. The molecular formula is C13H15ClN4O. The molecule has 1 aromatic carbocycles. The van der Waals surface area contributed by atoms with Crippen molar-refractivity contribution >= 4 is 23.2 Å². The van der Waals surface area contributed by atoms with Gasteiger partial charge in [0, 0.05) is 30.3 Å². The molecule has 0 aromatic heterocycles. The molecule has 1 aromatic rings. The van der Waals surface area contributed by atoms with Crippen LogP contribution in [0.25, 0.3) is 0 Å². The van der Waals surface area contributed by atoms with E-state index in [-0.39, 0.29) is 18.5 Å². The van der Waals surface area contributed by atoms with Crippen molar-refractivity contribution in [2.24, 2.45) is 0 Å². The molecule has 0 radical (unpaired) electrons. The molecule has 2 rings (SSSR count). The number of anilines is 1. The number of hydrogen-bond acceptors (Lipinski definition) is 4. The first-order chi connectivity index (χ1) is 9.19. The molecule has 5 nitrogen and oxygen atoms in total. The number of hydrogen-bond donors (Lipinski definition) is 2. The van der Waals surface area contributed by atoms with Gasteiger partial charge in [-0.3, -0.25) is 9.69 Å². The van der Waals surface area contributed by atoms with Gasteiger partial charge in [-0.15, -0.1) is 0 Å². The topological polar surface area (TPSA) is 68.2 Å². The molecule has 1 atom stereocenters. The van der Waals surface area contributed by atoms with Gasteiger partial charge in [-0.1, -0.05) is 11.6 Å². The number of nitrogens with zero attached hydrogens (tertiary/aromatic N) is 2. The van der Waals surface area contributed by atoms with Crippen LogP contribution in [0.15, 0.2) is 24.3 Å². The summed E-state index contributed by atoms with van der Waals surface area (Å²) in [5.41, 5.74) is 0.707. The van der Waals surface area contributed by atoms with Gasteiger partial charge >= 0.3 is 0 Å². The Morgan fingerprint density at radius 3 is 2.95 bits per heavy atom. The maximum Gasteiger partial charge on any atom is 0.238 e. The summed E-state index contributed by atoms with van der Waals surface area (Å²) in [6, 6.07) is 8.90. The van der Waals surface area contributed by atoms with Crippen molar-refractivity contribution in [1.29, 1.82) is 5.26 Å². The third-order valence-corrected chi connectivity index (χ3v) is 3.23. The molecule has 0 spiro atoms. The van der Waals surface area contributed by atoms with E-state index in [2.05, 4.69) is 16.7 Å². The van der Waals surface area contributed by atoms with Crippen LogP contribution in [-0.2, 0) is 4.79 Å². The number of piperazine rings is 1. The minimum absolute atomic E-state index is 0.121. The number of amides is 1. The Kier molecular flexibility index (Phi) is 4.74. The Balaban J connectivity index is 1.90. The largest absolute Gasteiger partial charge is 0.325 e. The molecule has 1 amide bonds. The molecule has 19 heavy (non-hydrogen) atoms. The summed E-state index contributed by atoms with van der Waals surface area (Å²) >= 11 is 5.78. The second kappa shape index (κ2) is 6.53. The van der Waals surface area contributed by atoms with E-state index in [1.54, 1.807) is 24.3 Å². The quantitative estimate of drug-likeness (QED) is 0.868. The molecule has 1 saturated heterocycles. The lowest BCUT2D eigenvalue weighted by atomic mass is 10.2. The lowest BCUT2D eigenvalue weighted by Crippen LogP contribution is -2.52. The van der Waals surface area contributed by atoms with Crippen LogP contribution >= 0.6 is 11.6 Å². The van der Waals surface area contributed by atoms with E-state index in [0.717, 1.165) is 6.54 Å². The van der Waals surface area contributed by atoms with Crippen molar-refractivity contribution in [2.75, 3.05) is 31.5 Å². The van der Waals surface area contributed by atoms with Crippen molar-refractivity contribution in [1.82, 2.24) is 10.2 Å². The first-order valence-electron chi connectivity index (χ1n) is 6.09. The average molecular weight is 279 g/mol. The zero-order valence-corrected chi connectivity index (χ0v) is 11.2. The standard InChI is InChI=1S/C13H15ClN4O/c14-10-1-3-11(4-2-10)17-13(19)9-18-6-5-16-8-12(18)7-15/h1-4,12,16H,5-6,8-9H2,(H,17,19). The molecule has 1 unspecified atom stereocenters. The van der Waals surface area contributed by atoms with Crippen molar-refractivity contribution in [3.05, 3.63) is 29.3 Å². The summed E-state index contributed by atoms with van der Waals surface area (Å²) in [6.07, 6.45) is 0. The van der Waals surface area contributed by atoms with Crippen molar-refractivity contribution in [2.45, 2.75) is 6.04 Å². The minimum Gasteiger partial charge on any atom is -0.325 e. The van der Waals surface area contributed by atoms with Gasteiger partial charge in [-0.05, 0) is 24.3 Å². The normalized spacial score (nSPS) is 19.7. The molecule has 2 N–H and O–H groups in total. The molecule has 1 fully saturated rings. The molecule has 100 valence electrons. The first-order valence-corrected chi connectivity index (χ1v) is 6.46. The Hall–Kier alpha value is -1.61. The van der Waals surface area contributed by atoms with Crippen LogP contribution in [0.1, 0.15) is 0 Å². The van der Waals surface area contributed by atoms with Gasteiger partial charge in [0.2, 0.25) is 5.91 Å². The van der Waals surface area contributed by atoms with E-state index >= 15 is 0 Å². The van der Waals surface area contributed by atoms with Crippen molar-refractivity contribution in [3.63, 3.8) is 0 Å². The fourth-order valence-electron chi connectivity index (χ4n) is 1.98. The predicted molar refractivity (Wildman–Crippen MR) is 73.9 cm³/mol. The highest BCUT2D eigenvalue weighted by atomic mass is 35.5. The van der Waals surface area contributed by atoms with Crippen molar-refractivity contribution < 1.29 is 4.79 Å². The van der Waals surface area contributed by atoms with Gasteiger partial charge in [0.05, 0.1) is 12.6 Å². The Bertz CT molecular complexity index is 482. The average Bonchev–Trinajstić information content (AvgIpc) is 2.42. The summed E-state index contributed by atoms with van der Waals surface area (Å²) in [6.45, 7) is 2.33. The molecule has 1 aliphatic rings. The van der Waals surface area contributed by atoms with Gasteiger partial charge in [0.25, 0.3) is 0 Å². The van der Waals surface area contributed by atoms with E-state index in [1.165, 1.54) is 0 Å². The lowest BCUT2D eigenvalue weighted by molar-refractivity contribution is -0.117. The Morgan fingerprint density at radius 2 is 2.26 bits per heavy atom. The molecule has 6 heteroatoms. The number of halogens is 1. The number of carbonyl (C=O) groups is 1. The number of nitrogens with one attached hydrogen (secondary N) is 2. The predicted octanol–water partition coefficient (Wildman–Crippen LogP) is 1.08. The second-order valence-corrected chi connectivity index (χ2v) is 4.81. The van der Waals surface area contributed by atoms with E-state index in [1.807, 2.05) is 4.90 Å². The zero-order valence-electron chi connectivity index (χ0n) is 10.4. The zero-order chi connectivity index (χ0) is 13.7. The second-order valence-electron chi connectivity index (χ2n) is 4.37. The summed E-state index contributed by atoms with van der Waals surface area (Å²) in [4.78, 5) is 13.8. The molecular weight excluding hydrogens is 264 g/mol. The first kappa shape index (κ1) is 13.8. The third-order valence-electron chi connectivity index (χ3n) is 2.98. The van der Waals surface area contributed by atoms with Crippen LogP contribution in [0.2, 0.25) is 5.02 Å². The van der Waals surface area contributed by atoms with Crippen LogP contribution in [0, 0.1) is 11.3 Å². The minimum atomic E-state index is -0.246. The highest BCUT2D eigenvalue weighted by molar-refractivity contribution is 6.30. The maximum atomic E-state index is 11.9. The smallest absolute Gasteiger partial charge is 0.238 e. The number of rotatable bonds is 3. The van der Waals surface area contributed by atoms with Crippen LogP contribution in [0.5, 0.6) is 0 Å². The Labute approximate surface area is 117 Å². The summed E-state index contributed by atoms with van der Waals surface area (Å²) < 4.78 is 0. The van der Waals surface area contributed by atoms with E-state index in [9.17, 15) is 4.79 Å². The van der Waals surface area contributed by atoms with E-state index in [4.69, 9.17) is 16.9 Å². The highest BCUT2D eigenvalue weighted by Gasteiger charge is 2.23. The van der Waals surface area contributed by atoms with Gasteiger partial charge < -0.3 is 10.6 Å². The molecule has 0 aliphatic carbocycles. The monoisotopic (exact) mass is 278 g/mol. The number of benzene rings is 1. The Morgan fingerprint density at radius 1 is 1.53 bits per heavy atom. The third kappa shape index (κ3) is 3.93. The van der Waals surface area contributed by atoms with Crippen LogP contribution in [-0.4, -0.2) is 43.0 Å². The molecule has 1 aliphatic heterocycles. The SMILES string of the molecule is N#CC1CNCCN1CC(=O)Nc1ccc(Cl)cc1. The van der Waals surface area contributed by atoms with Gasteiger partial charge in [0.1, 0.15) is 6.04 Å².